The molecule has 78 valence electrons. The summed E-state index contributed by atoms with van der Waals surface area (Å²) in [6.45, 7) is 4.45. The number of nitrogens with zero attached hydrogens (tertiary/aromatic N) is 1. The maximum absolute atomic E-state index is 5.75. The number of hydrogen-bond acceptors (Lipinski definition) is 2. The van der Waals surface area contributed by atoms with E-state index in [2.05, 4.69) is 34.8 Å². The van der Waals surface area contributed by atoms with Gasteiger partial charge in [0.2, 0.25) is 0 Å². The van der Waals surface area contributed by atoms with Crippen molar-refractivity contribution in [3.63, 3.8) is 0 Å². The van der Waals surface area contributed by atoms with Crippen LogP contribution in [0.15, 0.2) is 23.4 Å². The van der Waals surface area contributed by atoms with Gasteiger partial charge in [0.1, 0.15) is 0 Å². The van der Waals surface area contributed by atoms with Gasteiger partial charge in [0.05, 0.1) is 10.0 Å². The Bertz CT molecular complexity index is 287. The summed E-state index contributed by atoms with van der Waals surface area (Å²) in [5.74, 6) is 1.05. The van der Waals surface area contributed by atoms with Crippen molar-refractivity contribution in [3.8, 4) is 0 Å². The van der Waals surface area contributed by atoms with Crippen molar-refractivity contribution < 1.29 is 0 Å². The molecule has 1 aromatic heterocycles. The van der Waals surface area contributed by atoms with Crippen LogP contribution >= 0.6 is 39.3 Å². The van der Waals surface area contributed by atoms with E-state index in [1.807, 2.05) is 12.1 Å². The van der Waals surface area contributed by atoms with Crippen molar-refractivity contribution in [2.24, 2.45) is 5.41 Å². The van der Waals surface area contributed by atoms with E-state index in [9.17, 15) is 0 Å². The number of rotatable bonds is 4. The molecule has 0 aliphatic heterocycles. The third-order valence-electron chi connectivity index (χ3n) is 1.67. The van der Waals surface area contributed by atoms with E-state index < -0.39 is 0 Å². The molecule has 0 aliphatic carbocycles. The molecule has 0 atom stereocenters. The highest BCUT2D eigenvalue weighted by Crippen LogP contribution is 2.28. The van der Waals surface area contributed by atoms with Crippen LogP contribution in [0.2, 0.25) is 5.02 Å². The summed E-state index contributed by atoms with van der Waals surface area (Å²) in [4.78, 5) is 4.23. The summed E-state index contributed by atoms with van der Waals surface area (Å²) < 4.78 is 0. The molecule has 0 fully saturated rings. The van der Waals surface area contributed by atoms with E-state index in [4.69, 9.17) is 11.6 Å². The van der Waals surface area contributed by atoms with Crippen molar-refractivity contribution >= 4 is 39.3 Å². The number of alkyl halides is 1. The fraction of sp³-hybridized carbons (Fsp3) is 0.500. The highest BCUT2D eigenvalue weighted by Gasteiger charge is 2.16. The largest absolute Gasteiger partial charge is 0.248 e. The van der Waals surface area contributed by atoms with Crippen molar-refractivity contribution in [2.45, 2.75) is 18.9 Å². The third kappa shape index (κ3) is 4.20. The Balaban J connectivity index is 2.50. The number of pyridine rings is 1. The molecule has 0 amide bonds. The maximum Gasteiger partial charge on any atom is 0.0961 e. The fourth-order valence-electron chi connectivity index (χ4n) is 0.756. The second kappa shape index (κ2) is 5.38. The summed E-state index contributed by atoms with van der Waals surface area (Å²) in [7, 11) is 0. The van der Waals surface area contributed by atoms with Gasteiger partial charge in [0, 0.05) is 17.3 Å². The molecule has 0 saturated carbocycles. The maximum atomic E-state index is 5.75. The Morgan fingerprint density at radius 3 is 2.71 bits per heavy atom. The van der Waals surface area contributed by atoms with Gasteiger partial charge in [-0.3, -0.25) is 0 Å². The lowest BCUT2D eigenvalue weighted by Crippen LogP contribution is -2.16. The van der Waals surface area contributed by atoms with Crippen LogP contribution in [-0.2, 0) is 0 Å². The molecule has 4 heteroatoms. The summed E-state index contributed by atoms with van der Waals surface area (Å²) in [6, 6.07) is 3.83. The molecule has 0 saturated heterocycles. The van der Waals surface area contributed by atoms with Crippen LogP contribution in [0, 0.1) is 5.41 Å². The zero-order valence-electron chi connectivity index (χ0n) is 8.26. The first kappa shape index (κ1) is 12.3. The van der Waals surface area contributed by atoms with Crippen LogP contribution in [0.5, 0.6) is 0 Å². The first-order valence-electron chi connectivity index (χ1n) is 4.34. The smallest absolute Gasteiger partial charge is 0.0961 e. The molecular formula is C10H13BrClNS. The Labute approximate surface area is 103 Å². The van der Waals surface area contributed by atoms with E-state index in [0.29, 0.717) is 10.4 Å². The van der Waals surface area contributed by atoms with Gasteiger partial charge in [0.25, 0.3) is 0 Å². The molecule has 0 aliphatic rings. The van der Waals surface area contributed by atoms with Gasteiger partial charge < -0.3 is 0 Å². The van der Waals surface area contributed by atoms with Crippen molar-refractivity contribution in [2.75, 3.05) is 11.1 Å². The van der Waals surface area contributed by atoms with Crippen molar-refractivity contribution in [3.05, 3.63) is 23.4 Å². The average Bonchev–Trinajstić information content (AvgIpc) is 2.17. The van der Waals surface area contributed by atoms with Crippen LogP contribution in [-0.4, -0.2) is 16.1 Å². The van der Waals surface area contributed by atoms with Crippen LogP contribution < -0.4 is 0 Å². The highest BCUT2D eigenvalue weighted by atomic mass is 79.9. The van der Waals surface area contributed by atoms with Crippen LogP contribution in [0.4, 0.5) is 0 Å². The fourth-order valence-corrected chi connectivity index (χ4v) is 2.26. The number of thioether (sulfide) groups is 1. The summed E-state index contributed by atoms with van der Waals surface area (Å²) in [6.07, 6.45) is 1.69. The van der Waals surface area contributed by atoms with E-state index in [1.54, 1.807) is 18.0 Å². The van der Waals surface area contributed by atoms with E-state index in [0.717, 1.165) is 16.1 Å². The van der Waals surface area contributed by atoms with Crippen LogP contribution in [0.25, 0.3) is 0 Å². The van der Waals surface area contributed by atoms with Crippen LogP contribution in [0.3, 0.4) is 0 Å². The summed E-state index contributed by atoms with van der Waals surface area (Å²) in [5, 5.41) is 2.72. The summed E-state index contributed by atoms with van der Waals surface area (Å²) >= 11 is 11.0. The van der Waals surface area contributed by atoms with Gasteiger partial charge in [-0.15, -0.1) is 11.8 Å². The zero-order chi connectivity index (χ0) is 10.6. The minimum Gasteiger partial charge on any atom is -0.248 e. The van der Waals surface area contributed by atoms with E-state index in [1.165, 1.54) is 0 Å². The minimum absolute atomic E-state index is 0.298. The lowest BCUT2D eigenvalue weighted by molar-refractivity contribution is 0.496. The minimum atomic E-state index is 0.298. The lowest BCUT2D eigenvalue weighted by atomic mass is 10.0. The van der Waals surface area contributed by atoms with Gasteiger partial charge in [-0.05, 0) is 17.5 Å². The van der Waals surface area contributed by atoms with Gasteiger partial charge in [-0.25, -0.2) is 4.98 Å². The van der Waals surface area contributed by atoms with E-state index >= 15 is 0 Å². The normalized spacial score (nSPS) is 11.7. The second-order valence-corrected chi connectivity index (χ2v) is 5.89. The first-order chi connectivity index (χ1) is 6.53. The molecule has 0 N–H and O–H groups in total. The van der Waals surface area contributed by atoms with Gasteiger partial charge in [-0.1, -0.05) is 41.4 Å². The molecule has 1 rings (SSSR count). The van der Waals surface area contributed by atoms with E-state index in [-0.39, 0.29) is 0 Å². The quantitative estimate of drug-likeness (QED) is 0.608. The molecule has 0 bridgehead atoms. The molecule has 0 unspecified atom stereocenters. The lowest BCUT2D eigenvalue weighted by Gasteiger charge is -2.20. The molecule has 1 nitrogen and oxygen atoms in total. The predicted octanol–water partition coefficient (Wildman–Crippen LogP) is 4.25. The topological polar surface area (TPSA) is 12.9 Å². The molecule has 0 spiro atoms. The molecular weight excluding hydrogens is 282 g/mol. The predicted molar refractivity (Wildman–Crippen MR) is 67.5 cm³/mol. The third-order valence-corrected chi connectivity index (χ3v) is 4.88. The van der Waals surface area contributed by atoms with Crippen LogP contribution in [0.1, 0.15) is 13.8 Å². The molecule has 1 heterocycles. The zero-order valence-corrected chi connectivity index (χ0v) is 11.4. The van der Waals surface area contributed by atoms with Crippen molar-refractivity contribution in [1.82, 2.24) is 4.98 Å². The number of hydrogen-bond donors (Lipinski definition) is 0. The van der Waals surface area contributed by atoms with Gasteiger partial charge in [-0.2, -0.15) is 0 Å². The Hall–Kier alpha value is 0.270. The first-order valence-corrected chi connectivity index (χ1v) is 6.82. The Kier molecular flexibility index (Phi) is 4.74. The molecule has 0 aromatic carbocycles. The monoisotopic (exact) mass is 293 g/mol. The Morgan fingerprint density at radius 1 is 1.50 bits per heavy atom. The molecule has 0 radical (unpaired) electrons. The Morgan fingerprint density at radius 2 is 2.21 bits per heavy atom. The SMILES string of the molecule is CC(C)(CBr)CSc1ccc(Cl)cn1. The highest BCUT2D eigenvalue weighted by molar-refractivity contribution is 9.09. The van der Waals surface area contributed by atoms with Gasteiger partial charge >= 0.3 is 0 Å². The standard InChI is InChI=1S/C10H13BrClNS/c1-10(2,6-11)7-14-9-4-3-8(12)5-13-9/h3-5H,6-7H2,1-2H3. The number of halogens is 2. The van der Waals surface area contributed by atoms with Crippen molar-refractivity contribution in [1.29, 1.82) is 0 Å². The summed E-state index contributed by atoms with van der Waals surface area (Å²) in [5.41, 5.74) is 0.298. The molecule has 14 heavy (non-hydrogen) atoms. The van der Waals surface area contributed by atoms with Gasteiger partial charge in [0.15, 0.2) is 0 Å². The second-order valence-electron chi connectivity index (χ2n) is 3.90. The molecule has 1 aromatic rings. The number of aromatic nitrogens is 1. The average molecular weight is 295 g/mol.